The Kier molecular flexibility index (Phi) is 5.72. The van der Waals surface area contributed by atoms with Crippen LogP contribution in [0.5, 0.6) is 0 Å². The van der Waals surface area contributed by atoms with E-state index in [1.807, 2.05) is 30.0 Å². The predicted molar refractivity (Wildman–Crippen MR) is 111 cm³/mol. The molecule has 0 aromatic heterocycles. The average molecular weight is 415 g/mol. The Morgan fingerprint density at radius 2 is 1.55 bits per heavy atom. The molecular weight excluding hydrogens is 386 g/mol. The molecule has 2 aromatic carbocycles. The maximum Gasteiger partial charge on any atom is 0.280 e. The van der Waals surface area contributed by atoms with E-state index in [2.05, 4.69) is 12.1 Å². The van der Waals surface area contributed by atoms with Crippen LogP contribution in [0.4, 0.5) is 0 Å². The highest BCUT2D eigenvalue weighted by atomic mass is 32.2. The molecule has 0 aliphatic carbocycles. The molecule has 4 rings (SSSR count). The number of hydrogen-bond acceptors (Lipinski definition) is 3. The van der Waals surface area contributed by atoms with Crippen LogP contribution in [-0.4, -0.2) is 62.3 Å². The van der Waals surface area contributed by atoms with Gasteiger partial charge in [-0.3, -0.25) is 4.79 Å². The van der Waals surface area contributed by atoms with E-state index in [1.54, 1.807) is 28.6 Å². The Bertz CT molecular complexity index is 970. The monoisotopic (exact) mass is 414 g/mol. The number of nitrogens with zero attached hydrogens (tertiary/aromatic N) is 2. The van der Waals surface area contributed by atoms with Gasteiger partial charge in [0.25, 0.3) is 5.91 Å². The lowest BCUT2D eigenvalue weighted by molar-refractivity contribution is -0.918. The molecule has 1 N–H and O–H groups in total. The van der Waals surface area contributed by atoms with Crippen LogP contribution in [0.3, 0.4) is 0 Å². The lowest BCUT2D eigenvalue weighted by Crippen LogP contribution is -3.19. The molecule has 1 amide bonds. The molecule has 29 heavy (non-hydrogen) atoms. The zero-order chi connectivity index (χ0) is 20.4. The van der Waals surface area contributed by atoms with Gasteiger partial charge >= 0.3 is 0 Å². The minimum atomic E-state index is -3.46. The Morgan fingerprint density at radius 1 is 0.931 bits per heavy atom. The number of fused-ring (bicyclic) bond motifs is 1. The van der Waals surface area contributed by atoms with Crippen LogP contribution in [0.2, 0.25) is 0 Å². The third-order valence-corrected chi connectivity index (χ3v) is 8.08. The molecule has 0 spiro atoms. The molecule has 2 aliphatic rings. The van der Waals surface area contributed by atoms with Crippen LogP contribution in [-0.2, 0) is 27.8 Å². The van der Waals surface area contributed by atoms with E-state index >= 15 is 0 Å². The summed E-state index contributed by atoms with van der Waals surface area (Å²) in [6, 6.07) is 16.7. The molecule has 2 aliphatic heterocycles. The number of carbonyl (C=O) groups excluding carboxylic acids is 1. The summed E-state index contributed by atoms with van der Waals surface area (Å²) >= 11 is 0. The van der Waals surface area contributed by atoms with Crippen LogP contribution in [0, 0.1) is 0 Å². The molecule has 154 valence electrons. The van der Waals surface area contributed by atoms with Crippen LogP contribution >= 0.6 is 0 Å². The topological polar surface area (TPSA) is 62.1 Å². The number of piperazine rings is 1. The van der Waals surface area contributed by atoms with Crippen molar-refractivity contribution in [3.63, 3.8) is 0 Å². The van der Waals surface area contributed by atoms with Gasteiger partial charge in [-0.2, -0.15) is 4.31 Å². The molecule has 7 heteroatoms. The normalized spacial score (nSPS) is 19.6. The van der Waals surface area contributed by atoms with Crippen molar-refractivity contribution < 1.29 is 18.1 Å². The first-order valence-electron chi connectivity index (χ1n) is 10.2. The number of rotatable bonds is 4. The summed E-state index contributed by atoms with van der Waals surface area (Å²) < 4.78 is 27.1. The van der Waals surface area contributed by atoms with E-state index < -0.39 is 10.0 Å². The second-order valence-corrected chi connectivity index (χ2v) is 9.81. The van der Waals surface area contributed by atoms with E-state index in [1.165, 1.54) is 11.1 Å². The molecule has 2 aromatic rings. The molecule has 0 unspecified atom stereocenters. The summed E-state index contributed by atoms with van der Waals surface area (Å²) in [6.45, 7) is 5.55. The van der Waals surface area contributed by atoms with Gasteiger partial charge in [-0.1, -0.05) is 42.5 Å². The Balaban J connectivity index is 1.37. The van der Waals surface area contributed by atoms with Gasteiger partial charge in [0.15, 0.2) is 6.04 Å². The summed E-state index contributed by atoms with van der Waals surface area (Å²) in [4.78, 5) is 16.5. The molecule has 6 nitrogen and oxygen atoms in total. The van der Waals surface area contributed by atoms with Crippen LogP contribution in [0.15, 0.2) is 59.5 Å². The van der Waals surface area contributed by atoms with Gasteiger partial charge in [0, 0.05) is 13.1 Å². The SMILES string of the molecule is C[C@H](C(=O)N1CCc2ccccc2C1)[NH+]1CCN(S(=O)(=O)c2ccccc2)CC1. The lowest BCUT2D eigenvalue weighted by atomic mass is 9.99. The fourth-order valence-corrected chi connectivity index (χ4v) is 5.78. The van der Waals surface area contributed by atoms with Crippen molar-refractivity contribution >= 4 is 15.9 Å². The van der Waals surface area contributed by atoms with Gasteiger partial charge in [0.05, 0.1) is 31.1 Å². The molecule has 2 heterocycles. The summed E-state index contributed by atoms with van der Waals surface area (Å²) in [5, 5.41) is 0. The highest BCUT2D eigenvalue weighted by Crippen LogP contribution is 2.19. The van der Waals surface area contributed by atoms with E-state index in [9.17, 15) is 13.2 Å². The molecule has 0 bridgehead atoms. The number of quaternary nitrogens is 1. The fraction of sp³-hybridized carbons (Fsp3) is 0.409. The zero-order valence-electron chi connectivity index (χ0n) is 16.8. The first-order chi connectivity index (χ1) is 14.0. The van der Waals surface area contributed by atoms with E-state index in [0.29, 0.717) is 37.6 Å². The number of carbonyl (C=O) groups is 1. The highest BCUT2D eigenvalue weighted by Gasteiger charge is 2.36. The van der Waals surface area contributed by atoms with Crippen LogP contribution in [0.25, 0.3) is 0 Å². The van der Waals surface area contributed by atoms with Crippen molar-refractivity contribution in [1.82, 2.24) is 9.21 Å². The maximum atomic E-state index is 13.1. The second kappa shape index (κ2) is 8.26. The summed E-state index contributed by atoms with van der Waals surface area (Å²) in [6.07, 6.45) is 0.896. The number of amides is 1. The maximum absolute atomic E-state index is 13.1. The van der Waals surface area contributed by atoms with Crippen molar-refractivity contribution in [3.8, 4) is 0 Å². The predicted octanol–water partition coefficient (Wildman–Crippen LogP) is 0.549. The lowest BCUT2D eigenvalue weighted by Gasteiger charge is -2.37. The highest BCUT2D eigenvalue weighted by molar-refractivity contribution is 7.89. The Morgan fingerprint density at radius 3 is 2.24 bits per heavy atom. The molecular formula is C22H28N3O3S+. The average Bonchev–Trinajstić information content (AvgIpc) is 2.78. The summed E-state index contributed by atoms with van der Waals surface area (Å²) in [5.74, 6) is 0.161. The molecule has 1 atom stereocenters. The summed E-state index contributed by atoms with van der Waals surface area (Å²) in [5.41, 5.74) is 2.56. The van der Waals surface area contributed by atoms with Crippen molar-refractivity contribution in [3.05, 3.63) is 65.7 Å². The Labute approximate surface area is 172 Å². The van der Waals surface area contributed by atoms with Crippen molar-refractivity contribution in [2.45, 2.75) is 30.8 Å². The number of benzene rings is 2. The van der Waals surface area contributed by atoms with E-state index in [0.717, 1.165) is 17.9 Å². The third kappa shape index (κ3) is 4.08. The van der Waals surface area contributed by atoms with Gasteiger partial charge in [-0.25, -0.2) is 8.42 Å². The van der Waals surface area contributed by atoms with Crippen LogP contribution < -0.4 is 4.90 Å². The van der Waals surface area contributed by atoms with Gasteiger partial charge < -0.3 is 9.80 Å². The van der Waals surface area contributed by atoms with E-state index in [4.69, 9.17) is 0 Å². The fourth-order valence-electron chi connectivity index (χ4n) is 4.32. The van der Waals surface area contributed by atoms with Crippen molar-refractivity contribution in [2.24, 2.45) is 0 Å². The van der Waals surface area contributed by atoms with E-state index in [-0.39, 0.29) is 11.9 Å². The third-order valence-electron chi connectivity index (χ3n) is 6.17. The number of nitrogens with one attached hydrogen (secondary N) is 1. The van der Waals surface area contributed by atoms with Crippen molar-refractivity contribution in [1.29, 1.82) is 0 Å². The minimum absolute atomic E-state index is 0.161. The minimum Gasteiger partial charge on any atom is -0.333 e. The van der Waals surface area contributed by atoms with Crippen LogP contribution in [0.1, 0.15) is 18.1 Å². The molecule has 0 saturated carbocycles. The second-order valence-electron chi connectivity index (χ2n) is 7.88. The van der Waals surface area contributed by atoms with Gasteiger partial charge in [0.2, 0.25) is 10.0 Å². The van der Waals surface area contributed by atoms with Gasteiger partial charge in [-0.05, 0) is 36.6 Å². The molecule has 0 radical (unpaired) electrons. The summed E-state index contributed by atoms with van der Waals surface area (Å²) in [7, 11) is -3.46. The largest absolute Gasteiger partial charge is 0.333 e. The quantitative estimate of drug-likeness (QED) is 0.795. The first kappa shape index (κ1) is 20.1. The van der Waals surface area contributed by atoms with Crippen molar-refractivity contribution in [2.75, 3.05) is 32.7 Å². The standard InChI is InChI=1S/C22H27N3O3S/c1-18(22(26)24-12-11-19-7-5-6-8-20(19)17-24)23-13-15-25(16-14-23)29(27,28)21-9-3-2-4-10-21/h2-10,18H,11-17H2,1H3/p+1/t18-/m1/s1. The molecule has 1 saturated heterocycles. The number of sulfonamides is 1. The first-order valence-corrected chi connectivity index (χ1v) is 11.7. The van der Waals surface area contributed by atoms with Gasteiger partial charge in [-0.15, -0.1) is 0 Å². The Hall–Kier alpha value is -2.22. The smallest absolute Gasteiger partial charge is 0.280 e. The molecule has 1 fully saturated rings. The van der Waals surface area contributed by atoms with Gasteiger partial charge in [0.1, 0.15) is 0 Å². The number of hydrogen-bond donors (Lipinski definition) is 1. The zero-order valence-corrected chi connectivity index (χ0v) is 17.6.